The maximum Gasteiger partial charge on any atom is 0.287 e. The van der Waals surface area contributed by atoms with Gasteiger partial charge in [-0.05, 0) is 49.6 Å². The molecule has 1 saturated heterocycles. The van der Waals surface area contributed by atoms with Crippen molar-refractivity contribution in [2.75, 3.05) is 31.1 Å². The third-order valence-corrected chi connectivity index (χ3v) is 4.80. The van der Waals surface area contributed by atoms with E-state index in [4.69, 9.17) is 0 Å². The van der Waals surface area contributed by atoms with Crippen molar-refractivity contribution >= 4 is 17.4 Å². The molecular formula is C19H22N4O3. The molecule has 1 aromatic carbocycles. The number of hydrogen-bond acceptors (Lipinski definition) is 5. The van der Waals surface area contributed by atoms with Gasteiger partial charge in [0.1, 0.15) is 12.0 Å². The Hall–Kier alpha value is -2.96. The molecule has 0 bridgehead atoms. The number of aromatic nitrogens is 1. The summed E-state index contributed by atoms with van der Waals surface area (Å²) in [4.78, 5) is 31.2. The van der Waals surface area contributed by atoms with Gasteiger partial charge in [-0.25, -0.2) is 4.98 Å². The number of nitro groups is 1. The van der Waals surface area contributed by atoms with E-state index in [1.807, 2.05) is 36.9 Å². The number of hydrogen-bond donors (Lipinski definition) is 0. The molecule has 1 aromatic heterocycles. The standard InChI is InChI=1S/C19H22N4O3/c1-14-4-5-16(12-15(14)2)19(24)22-9-3-8-21(10-11-22)18-7-6-17(13-20-18)23(25)26/h4-7,12-13H,3,8-11H2,1-2H3. The van der Waals surface area contributed by atoms with Crippen LogP contribution < -0.4 is 4.90 Å². The molecule has 0 N–H and O–H groups in total. The molecule has 3 rings (SSSR count). The minimum absolute atomic E-state index is 0.0184. The predicted octanol–water partition coefficient (Wildman–Crippen LogP) is 2.96. The molecule has 0 spiro atoms. The molecule has 0 unspecified atom stereocenters. The Morgan fingerprint density at radius 3 is 2.54 bits per heavy atom. The van der Waals surface area contributed by atoms with Crippen LogP contribution in [0.2, 0.25) is 0 Å². The molecule has 2 aromatic rings. The summed E-state index contributed by atoms with van der Waals surface area (Å²) in [6.45, 7) is 6.75. The summed E-state index contributed by atoms with van der Waals surface area (Å²) in [5.41, 5.74) is 2.99. The summed E-state index contributed by atoms with van der Waals surface area (Å²) in [6, 6.07) is 8.93. The van der Waals surface area contributed by atoms with Crippen molar-refractivity contribution in [1.29, 1.82) is 0 Å². The van der Waals surface area contributed by atoms with E-state index in [1.54, 1.807) is 6.07 Å². The lowest BCUT2D eigenvalue weighted by Crippen LogP contribution is -2.35. The average molecular weight is 354 g/mol. The first kappa shape index (κ1) is 17.8. The quantitative estimate of drug-likeness (QED) is 0.625. The number of benzene rings is 1. The highest BCUT2D eigenvalue weighted by Gasteiger charge is 2.21. The Morgan fingerprint density at radius 1 is 1.08 bits per heavy atom. The normalized spacial score (nSPS) is 14.8. The fourth-order valence-corrected chi connectivity index (χ4v) is 3.08. The van der Waals surface area contributed by atoms with Crippen LogP contribution >= 0.6 is 0 Å². The topological polar surface area (TPSA) is 79.6 Å². The number of rotatable bonds is 3. The highest BCUT2D eigenvalue weighted by Crippen LogP contribution is 2.19. The molecule has 7 nitrogen and oxygen atoms in total. The molecule has 1 amide bonds. The number of aryl methyl sites for hydroxylation is 2. The third-order valence-electron chi connectivity index (χ3n) is 4.80. The molecule has 0 aliphatic carbocycles. The molecule has 1 fully saturated rings. The van der Waals surface area contributed by atoms with E-state index < -0.39 is 4.92 Å². The second-order valence-electron chi connectivity index (χ2n) is 6.56. The molecular weight excluding hydrogens is 332 g/mol. The summed E-state index contributed by atoms with van der Waals surface area (Å²) in [5, 5.41) is 10.7. The van der Waals surface area contributed by atoms with Gasteiger partial charge in [-0.2, -0.15) is 0 Å². The van der Waals surface area contributed by atoms with Crippen molar-refractivity contribution in [3.8, 4) is 0 Å². The van der Waals surface area contributed by atoms with Crippen LogP contribution in [-0.4, -0.2) is 46.9 Å². The molecule has 0 radical (unpaired) electrons. The molecule has 7 heteroatoms. The van der Waals surface area contributed by atoms with Crippen LogP contribution in [0.15, 0.2) is 36.5 Å². The molecule has 2 heterocycles. The fourth-order valence-electron chi connectivity index (χ4n) is 3.08. The zero-order valence-electron chi connectivity index (χ0n) is 15.0. The maximum atomic E-state index is 12.8. The van der Waals surface area contributed by atoms with Gasteiger partial charge in [-0.15, -0.1) is 0 Å². The van der Waals surface area contributed by atoms with Crippen molar-refractivity contribution in [1.82, 2.24) is 9.88 Å². The van der Waals surface area contributed by atoms with Gasteiger partial charge in [0.15, 0.2) is 0 Å². The van der Waals surface area contributed by atoms with Crippen molar-refractivity contribution in [2.24, 2.45) is 0 Å². The zero-order valence-corrected chi connectivity index (χ0v) is 15.0. The summed E-state index contributed by atoms with van der Waals surface area (Å²) in [5.74, 6) is 0.752. The lowest BCUT2D eigenvalue weighted by atomic mass is 10.1. The Morgan fingerprint density at radius 2 is 1.88 bits per heavy atom. The molecule has 0 atom stereocenters. The van der Waals surface area contributed by atoms with Crippen LogP contribution in [0.5, 0.6) is 0 Å². The van der Waals surface area contributed by atoms with Crippen molar-refractivity contribution in [3.05, 3.63) is 63.3 Å². The van der Waals surface area contributed by atoms with Crippen molar-refractivity contribution < 1.29 is 9.72 Å². The van der Waals surface area contributed by atoms with Crippen LogP contribution in [0.25, 0.3) is 0 Å². The monoisotopic (exact) mass is 354 g/mol. The van der Waals surface area contributed by atoms with Gasteiger partial charge in [0.25, 0.3) is 11.6 Å². The molecule has 0 saturated carbocycles. The van der Waals surface area contributed by atoms with E-state index in [2.05, 4.69) is 9.88 Å². The number of nitrogens with zero attached hydrogens (tertiary/aromatic N) is 4. The van der Waals surface area contributed by atoms with Gasteiger partial charge in [-0.3, -0.25) is 14.9 Å². The summed E-state index contributed by atoms with van der Waals surface area (Å²) < 4.78 is 0. The van der Waals surface area contributed by atoms with Gasteiger partial charge < -0.3 is 9.80 Å². The summed E-state index contributed by atoms with van der Waals surface area (Å²) >= 11 is 0. The number of amides is 1. The van der Waals surface area contributed by atoms with Gasteiger partial charge in [0, 0.05) is 37.8 Å². The smallest absolute Gasteiger partial charge is 0.287 e. The number of anilines is 1. The van der Waals surface area contributed by atoms with Crippen molar-refractivity contribution in [2.45, 2.75) is 20.3 Å². The average Bonchev–Trinajstić information content (AvgIpc) is 2.89. The second kappa shape index (κ2) is 7.51. The number of pyridine rings is 1. The van der Waals surface area contributed by atoms with Crippen molar-refractivity contribution in [3.63, 3.8) is 0 Å². The Kier molecular flexibility index (Phi) is 5.16. The highest BCUT2D eigenvalue weighted by molar-refractivity contribution is 5.94. The van der Waals surface area contributed by atoms with Gasteiger partial charge in [-0.1, -0.05) is 6.07 Å². The highest BCUT2D eigenvalue weighted by atomic mass is 16.6. The minimum Gasteiger partial charge on any atom is -0.355 e. The lowest BCUT2D eigenvalue weighted by molar-refractivity contribution is -0.385. The van der Waals surface area contributed by atoms with Gasteiger partial charge >= 0.3 is 0 Å². The van der Waals surface area contributed by atoms with Gasteiger partial charge in [0.2, 0.25) is 0 Å². The lowest BCUT2D eigenvalue weighted by Gasteiger charge is -2.23. The third kappa shape index (κ3) is 3.82. The number of carbonyl (C=O) groups is 1. The SMILES string of the molecule is Cc1ccc(C(=O)N2CCCN(c3ccc([N+](=O)[O-])cn3)CC2)cc1C. The van der Waals surface area contributed by atoms with Crippen LogP contribution in [0, 0.1) is 24.0 Å². The van der Waals surface area contributed by atoms with Crippen LogP contribution in [0.3, 0.4) is 0 Å². The second-order valence-corrected chi connectivity index (χ2v) is 6.56. The first-order valence-corrected chi connectivity index (χ1v) is 8.67. The fraction of sp³-hybridized carbons (Fsp3) is 0.368. The number of carbonyl (C=O) groups excluding carboxylic acids is 1. The van der Waals surface area contributed by atoms with E-state index in [1.165, 1.54) is 17.8 Å². The van der Waals surface area contributed by atoms with Gasteiger partial charge in [0.05, 0.1) is 4.92 Å². The summed E-state index contributed by atoms with van der Waals surface area (Å²) in [7, 11) is 0. The predicted molar refractivity (Wildman–Crippen MR) is 99.5 cm³/mol. The Bertz CT molecular complexity index is 820. The van der Waals surface area contributed by atoms with E-state index in [9.17, 15) is 14.9 Å². The van der Waals surface area contributed by atoms with E-state index in [-0.39, 0.29) is 11.6 Å². The summed E-state index contributed by atoms with van der Waals surface area (Å²) in [6.07, 6.45) is 2.10. The van der Waals surface area contributed by atoms with Crippen LogP contribution in [0.1, 0.15) is 27.9 Å². The molecule has 26 heavy (non-hydrogen) atoms. The Labute approximate surface area is 152 Å². The molecule has 136 valence electrons. The first-order valence-electron chi connectivity index (χ1n) is 8.67. The molecule has 1 aliphatic heterocycles. The Balaban J connectivity index is 1.68. The van der Waals surface area contributed by atoms with E-state index in [0.29, 0.717) is 25.5 Å². The first-order chi connectivity index (χ1) is 12.5. The zero-order chi connectivity index (χ0) is 18.7. The van der Waals surface area contributed by atoms with Crippen LogP contribution in [0.4, 0.5) is 11.5 Å². The minimum atomic E-state index is -0.455. The van der Waals surface area contributed by atoms with E-state index in [0.717, 1.165) is 24.1 Å². The molecule has 1 aliphatic rings. The van der Waals surface area contributed by atoms with E-state index >= 15 is 0 Å². The largest absolute Gasteiger partial charge is 0.355 e. The maximum absolute atomic E-state index is 12.8. The van der Waals surface area contributed by atoms with Crippen LogP contribution in [-0.2, 0) is 0 Å².